The summed E-state index contributed by atoms with van der Waals surface area (Å²) in [6.45, 7) is 2.66. The highest BCUT2D eigenvalue weighted by Crippen LogP contribution is 2.31. The molecule has 0 aliphatic carbocycles. The fourth-order valence-electron chi connectivity index (χ4n) is 3.82. The number of rotatable bonds is 7. The molecule has 0 radical (unpaired) electrons. The summed E-state index contributed by atoms with van der Waals surface area (Å²) in [7, 11) is 5.66. The summed E-state index contributed by atoms with van der Waals surface area (Å²) in [4.78, 5) is 17.3. The van der Waals surface area contributed by atoms with Crippen molar-refractivity contribution < 1.29 is 9.53 Å². The number of carbonyl (C=O) groups excluding carboxylic acids is 1. The Hall–Kier alpha value is -2.53. The van der Waals surface area contributed by atoms with Gasteiger partial charge in [0.15, 0.2) is 0 Å². The monoisotopic (exact) mass is 381 g/mol. The largest absolute Gasteiger partial charge is 0.496 e. The summed E-state index contributed by atoms with van der Waals surface area (Å²) >= 11 is 0. The molecule has 0 spiro atoms. The van der Waals surface area contributed by atoms with E-state index in [1.165, 1.54) is 19.3 Å². The number of piperidine rings is 1. The molecule has 1 atom stereocenters. The van der Waals surface area contributed by atoms with E-state index in [-0.39, 0.29) is 11.9 Å². The molecule has 1 fully saturated rings. The number of ether oxygens (including phenoxy) is 1. The molecule has 5 heteroatoms. The Bertz CT molecular complexity index is 785. The molecule has 1 aliphatic rings. The predicted molar refractivity (Wildman–Crippen MR) is 114 cm³/mol. The van der Waals surface area contributed by atoms with Gasteiger partial charge < -0.3 is 15.0 Å². The normalized spacial score (nSPS) is 15.7. The Morgan fingerprint density at radius 2 is 1.86 bits per heavy atom. The molecule has 5 nitrogen and oxygen atoms in total. The van der Waals surface area contributed by atoms with E-state index in [4.69, 9.17) is 4.74 Å². The molecule has 2 aromatic rings. The molecule has 0 aromatic heterocycles. The third-order valence-corrected chi connectivity index (χ3v) is 5.41. The molecule has 1 aliphatic heterocycles. The van der Waals surface area contributed by atoms with Gasteiger partial charge in [0.05, 0.1) is 13.2 Å². The third-order valence-electron chi connectivity index (χ3n) is 5.41. The van der Waals surface area contributed by atoms with E-state index in [0.29, 0.717) is 12.1 Å². The number of nitrogens with zero attached hydrogens (tertiary/aromatic N) is 2. The molecule has 150 valence electrons. The number of hydrogen-bond donors (Lipinski definition) is 1. The highest BCUT2D eigenvalue weighted by molar-refractivity contribution is 5.95. The van der Waals surface area contributed by atoms with E-state index >= 15 is 0 Å². The Balaban J connectivity index is 1.78. The number of carbonyl (C=O) groups is 1. The topological polar surface area (TPSA) is 44.8 Å². The first-order chi connectivity index (χ1) is 13.6. The zero-order chi connectivity index (χ0) is 19.9. The van der Waals surface area contributed by atoms with Crippen molar-refractivity contribution in [1.82, 2.24) is 10.2 Å². The van der Waals surface area contributed by atoms with Crippen molar-refractivity contribution in [3.05, 3.63) is 59.7 Å². The van der Waals surface area contributed by atoms with Gasteiger partial charge in [0.25, 0.3) is 5.91 Å². The van der Waals surface area contributed by atoms with Crippen LogP contribution in [-0.4, -0.2) is 51.6 Å². The van der Waals surface area contributed by atoms with E-state index in [0.717, 1.165) is 30.1 Å². The fraction of sp³-hybridized carbons (Fsp3) is 0.435. The first-order valence-corrected chi connectivity index (χ1v) is 10.0. The van der Waals surface area contributed by atoms with E-state index in [1.54, 1.807) is 7.11 Å². The Kier molecular flexibility index (Phi) is 6.93. The van der Waals surface area contributed by atoms with Crippen LogP contribution >= 0.6 is 0 Å². The van der Waals surface area contributed by atoms with Crippen LogP contribution in [0.3, 0.4) is 0 Å². The summed E-state index contributed by atoms with van der Waals surface area (Å²) < 4.78 is 5.61. The number of para-hydroxylation sites is 1. The van der Waals surface area contributed by atoms with Crippen LogP contribution in [0.5, 0.6) is 5.75 Å². The first-order valence-electron chi connectivity index (χ1n) is 10.0. The highest BCUT2D eigenvalue weighted by Gasteiger charge is 2.25. The standard InChI is InChI=1S/C23H31N3O2/c1-25(2)19-11-9-10-18(16-19)23(27)24-17-21(26-14-7-4-8-15-26)20-12-5-6-13-22(20)28-3/h5-6,9-13,16,21H,4,7-8,14-15,17H2,1-3H3,(H,24,27). The van der Waals surface area contributed by atoms with Gasteiger partial charge in [-0.05, 0) is 50.2 Å². The van der Waals surface area contributed by atoms with Gasteiger partial charge in [0, 0.05) is 37.5 Å². The number of likely N-dealkylation sites (tertiary alicyclic amines) is 1. The van der Waals surface area contributed by atoms with E-state index in [1.807, 2.05) is 61.5 Å². The van der Waals surface area contributed by atoms with Crippen LogP contribution in [0.15, 0.2) is 48.5 Å². The minimum Gasteiger partial charge on any atom is -0.496 e. The van der Waals surface area contributed by atoms with Gasteiger partial charge in [-0.2, -0.15) is 0 Å². The van der Waals surface area contributed by atoms with Crippen molar-refractivity contribution in [3.63, 3.8) is 0 Å². The summed E-state index contributed by atoms with van der Waals surface area (Å²) in [5.41, 5.74) is 2.84. The SMILES string of the molecule is COc1ccccc1C(CNC(=O)c1cccc(N(C)C)c1)N1CCCCC1. The third kappa shape index (κ3) is 4.84. The number of anilines is 1. The molecule has 1 unspecified atom stereocenters. The summed E-state index contributed by atoms with van der Waals surface area (Å²) in [6.07, 6.45) is 3.67. The maximum atomic E-state index is 12.8. The second-order valence-electron chi connectivity index (χ2n) is 7.51. The maximum absolute atomic E-state index is 12.8. The summed E-state index contributed by atoms with van der Waals surface area (Å²) in [5, 5.41) is 3.16. The average Bonchev–Trinajstić information content (AvgIpc) is 2.75. The van der Waals surface area contributed by atoms with Gasteiger partial charge >= 0.3 is 0 Å². The van der Waals surface area contributed by atoms with Gasteiger partial charge in [-0.3, -0.25) is 9.69 Å². The van der Waals surface area contributed by atoms with Crippen LogP contribution in [0.4, 0.5) is 5.69 Å². The van der Waals surface area contributed by atoms with Crippen LogP contribution in [-0.2, 0) is 0 Å². The van der Waals surface area contributed by atoms with Crippen molar-refractivity contribution in [3.8, 4) is 5.75 Å². The maximum Gasteiger partial charge on any atom is 0.251 e. The van der Waals surface area contributed by atoms with E-state index < -0.39 is 0 Å². The van der Waals surface area contributed by atoms with Gasteiger partial charge in [0.1, 0.15) is 5.75 Å². The van der Waals surface area contributed by atoms with Gasteiger partial charge in [-0.1, -0.05) is 30.7 Å². The molecule has 3 rings (SSSR count). The highest BCUT2D eigenvalue weighted by atomic mass is 16.5. The molecule has 2 aromatic carbocycles. The van der Waals surface area contributed by atoms with Crippen molar-refractivity contribution >= 4 is 11.6 Å². The number of methoxy groups -OCH3 is 1. The second kappa shape index (κ2) is 9.60. The molecule has 1 heterocycles. The van der Waals surface area contributed by atoms with Crippen LogP contribution < -0.4 is 15.0 Å². The van der Waals surface area contributed by atoms with Crippen LogP contribution in [0.1, 0.15) is 41.2 Å². The molecular weight excluding hydrogens is 350 g/mol. The van der Waals surface area contributed by atoms with E-state index in [2.05, 4.69) is 16.3 Å². The van der Waals surface area contributed by atoms with Gasteiger partial charge in [-0.15, -0.1) is 0 Å². The molecule has 0 bridgehead atoms. The zero-order valence-corrected chi connectivity index (χ0v) is 17.1. The van der Waals surface area contributed by atoms with Crippen molar-refractivity contribution in [2.45, 2.75) is 25.3 Å². The molecule has 1 N–H and O–H groups in total. The Labute approximate surface area is 168 Å². The number of benzene rings is 2. The van der Waals surface area contributed by atoms with Crippen molar-refractivity contribution in [2.24, 2.45) is 0 Å². The minimum absolute atomic E-state index is 0.0411. The molecule has 28 heavy (non-hydrogen) atoms. The summed E-state index contributed by atoms with van der Waals surface area (Å²) in [5.74, 6) is 0.836. The minimum atomic E-state index is -0.0411. The average molecular weight is 382 g/mol. The zero-order valence-electron chi connectivity index (χ0n) is 17.1. The van der Waals surface area contributed by atoms with Gasteiger partial charge in [-0.25, -0.2) is 0 Å². The van der Waals surface area contributed by atoms with Crippen LogP contribution in [0.2, 0.25) is 0 Å². The van der Waals surface area contributed by atoms with Crippen molar-refractivity contribution in [1.29, 1.82) is 0 Å². The lowest BCUT2D eigenvalue weighted by molar-refractivity contribution is 0.0923. The fourth-order valence-corrected chi connectivity index (χ4v) is 3.82. The molecule has 0 saturated carbocycles. The lowest BCUT2D eigenvalue weighted by atomic mass is 10.0. The predicted octanol–water partition coefficient (Wildman–Crippen LogP) is 3.72. The molecule has 1 amide bonds. The molecule has 1 saturated heterocycles. The van der Waals surface area contributed by atoms with Crippen molar-refractivity contribution in [2.75, 3.05) is 45.7 Å². The smallest absolute Gasteiger partial charge is 0.251 e. The van der Waals surface area contributed by atoms with Gasteiger partial charge in [0.2, 0.25) is 0 Å². The molecular formula is C23H31N3O2. The number of amides is 1. The second-order valence-corrected chi connectivity index (χ2v) is 7.51. The van der Waals surface area contributed by atoms with E-state index in [9.17, 15) is 4.79 Å². The Morgan fingerprint density at radius 1 is 1.11 bits per heavy atom. The van der Waals surface area contributed by atoms with Crippen LogP contribution in [0.25, 0.3) is 0 Å². The lowest BCUT2D eigenvalue weighted by Crippen LogP contribution is -2.40. The first kappa shape index (κ1) is 20.2. The quantitative estimate of drug-likeness (QED) is 0.794. The Morgan fingerprint density at radius 3 is 2.57 bits per heavy atom. The number of nitrogens with one attached hydrogen (secondary N) is 1. The number of hydrogen-bond acceptors (Lipinski definition) is 4. The van der Waals surface area contributed by atoms with Crippen LogP contribution in [0, 0.1) is 0 Å². The lowest BCUT2D eigenvalue weighted by Gasteiger charge is -2.35. The summed E-state index contributed by atoms with van der Waals surface area (Å²) in [6, 6.07) is 16.0.